The van der Waals surface area contributed by atoms with Crippen molar-refractivity contribution < 1.29 is 4.79 Å². The molecule has 1 fully saturated rings. The van der Waals surface area contributed by atoms with E-state index in [4.69, 9.17) is 4.99 Å². The molecule has 2 N–H and O–H groups in total. The van der Waals surface area contributed by atoms with E-state index in [0.717, 1.165) is 37.6 Å². The Morgan fingerprint density at radius 3 is 2.96 bits per heavy atom. The molecule has 1 aromatic heterocycles. The molecule has 7 nitrogen and oxygen atoms in total. The van der Waals surface area contributed by atoms with Crippen LogP contribution in [0.2, 0.25) is 0 Å². The van der Waals surface area contributed by atoms with E-state index in [1.54, 1.807) is 7.05 Å². The Bertz CT molecular complexity index is 812. The maximum atomic E-state index is 11.8. The predicted molar refractivity (Wildman–Crippen MR) is 107 cm³/mol. The smallest absolute Gasteiger partial charge is 0.251 e. The van der Waals surface area contributed by atoms with Gasteiger partial charge in [0.2, 0.25) is 0 Å². The van der Waals surface area contributed by atoms with Crippen LogP contribution in [0.4, 0.5) is 0 Å². The number of carbonyl (C=O) groups excluding carboxylic acids is 1. The number of nitrogens with one attached hydrogen (secondary N) is 2. The highest BCUT2D eigenvalue weighted by molar-refractivity contribution is 5.94. The fourth-order valence-electron chi connectivity index (χ4n) is 3.42. The predicted octanol–water partition coefficient (Wildman–Crippen LogP) is 1.73. The van der Waals surface area contributed by atoms with Crippen LogP contribution in [-0.2, 0) is 13.6 Å². The molecule has 0 aliphatic carbocycles. The Hall–Kier alpha value is -2.83. The molecule has 0 bridgehead atoms. The number of likely N-dealkylation sites (tertiary alicyclic amines) is 1. The maximum absolute atomic E-state index is 11.8. The van der Waals surface area contributed by atoms with Crippen molar-refractivity contribution in [3.63, 3.8) is 0 Å². The maximum Gasteiger partial charge on any atom is 0.251 e. The Labute approximate surface area is 160 Å². The van der Waals surface area contributed by atoms with Gasteiger partial charge < -0.3 is 15.5 Å². The number of nitrogens with zero attached hydrogens (tertiary/aromatic N) is 4. The number of hydrogen-bond acceptors (Lipinski definition) is 3. The van der Waals surface area contributed by atoms with Crippen molar-refractivity contribution in [2.75, 3.05) is 26.7 Å². The number of aryl methyl sites for hydroxylation is 1. The lowest BCUT2D eigenvalue weighted by molar-refractivity contribution is 0.0963. The Morgan fingerprint density at radius 1 is 1.41 bits per heavy atom. The molecule has 7 heteroatoms. The number of guanidine groups is 1. The van der Waals surface area contributed by atoms with Crippen LogP contribution in [0, 0.1) is 0 Å². The summed E-state index contributed by atoms with van der Waals surface area (Å²) in [6.45, 7) is 5.36. The lowest BCUT2D eigenvalue weighted by atomic mass is 10.0. The van der Waals surface area contributed by atoms with Crippen LogP contribution in [0.1, 0.15) is 40.7 Å². The third-order valence-corrected chi connectivity index (χ3v) is 4.85. The van der Waals surface area contributed by atoms with E-state index in [9.17, 15) is 4.79 Å². The zero-order valence-electron chi connectivity index (χ0n) is 16.3. The van der Waals surface area contributed by atoms with Crippen LogP contribution in [-0.4, -0.2) is 53.2 Å². The Kier molecular flexibility index (Phi) is 6.11. The van der Waals surface area contributed by atoms with E-state index >= 15 is 0 Å². The average Bonchev–Trinajstić information content (AvgIpc) is 3.33. The Morgan fingerprint density at radius 2 is 2.26 bits per heavy atom. The molecule has 2 heterocycles. The van der Waals surface area contributed by atoms with Crippen molar-refractivity contribution in [2.45, 2.75) is 25.8 Å². The fraction of sp³-hybridized carbons (Fsp3) is 0.450. The monoisotopic (exact) mass is 368 g/mol. The van der Waals surface area contributed by atoms with Gasteiger partial charge in [0.25, 0.3) is 5.91 Å². The second-order valence-corrected chi connectivity index (χ2v) is 6.83. The molecule has 1 atom stereocenters. The van der Waals surface area contributed by atoms with Gasteiger partial charge in [0.15, 0.2) is 5.96 Å². The lowest BCUT2D eigenvalue weighted by Crippen LogP contribution is -2.40. The average molecular weight is 368 g/mol. The summed E-state index contributed by atoms with van der Waals surface area (Å²) in [5.74, 6) is 1.33. The number of aliphatic imine (C=N–C) groups is 1. The molecule has 144 valence electrons. The molecule has 0 radical (unpaired) electrons. The molecule has 27 heavy (non-hydrogen) atoms. The van der Waals surface area contributed by atoms with Crippen molar-refractivity contribution >= 4 is 11.9 Å². The van der Waals surface area contributed by atoms with Gasteiger partial charge in [0, 0.05) is 51.4 Å². The number of aromatic nitrogens is 2. The highest BCUT2D eigenvalue weighted by Gasteiger charge is 2.26. The van der Waals surface area contributed by atoms with Crippen molar-refractivity contribution in [3.05, 3.63) is 53.3 Å². The minimum atomic E-state index is -0.0772. The first kappa shape index (κ1) is 18.9. The van der Waals surface area contributed by atoms with E-state index < -0.39 is 0 Å². The highest BCUT2D eigenvalue weighted by atomic mass is 16.1. The van der Waals surface area contributed by atoms with Gasteiger partial charge in [-0.1, -0.05) is 12.1 Å². The highest BCUT2D eigenvalue weighted by Crippen LogP contribution is 2.26. The van der Waals surface area contributed by atoms with Crippen molar-refractivity contribution in [3.8, 4) is 0 Å². The van der Waals surface area contributed by atoms with Crippen LogP contribution in [0.15, 0.2) is 41.7 Å². The standard InChI is InChI=1S/C20H28N6O/c1-4-22-20(23-11-15-6-5-7-16(10-15)19(27)21-2)26-9-8-17(14-26)18-12-24-25(3)13-18/h5-7,10,12-13,17H,4,8-9,11,14H2,1-3H3,(H,21,27)(H,22,23). The van der Waals surface area contributed by atoms with Crippen LogP contribution in [0.5, 0.6) is 0 Å². The van der Waals surface area contributed by atoms with Crippen LogP contribution in [0.25, 0.3) is 0 Å². The SMILES string of the molecule is CCNC(=NCc1cccc(C(=O)NC)c1)N1CCC(c2cnn(C)c2)C1. The first-order valence-electron chi connectivity index (χ1n) is 9.43. The minimum absolute atomic E-state index is 0.0772. The molecular formula is C20H28N6O. The third-order valence-electron chi connectivity index (χ3n) is 4.85. The van der Waals surface area contributed by atoms with E-state index in [-0.39, 0.29) is 5.91 Å². The summed E-state index contributed by atoms with van der Waals surface area (Å²) in [5, 5.41) is 10.3. The lowest BCUT2D eigenvalue weighted by Gasteiger charge is -2.21. The van der Waals surface area contributed by atoms with Crippen molar-refractivity contribution in [1.82, 2.24) is 25.3 Å². The molecule has 3 rings (SSSR count). The van der Waals surface area contributed by atoms with E-state index in [1.165, 1.54) is 5.56 Å². The first-order valence-corrected chi connectivity index (χ1v) is 9.43. The summed E-state index contributed by atoms with van der Waals surface area (Å²) in [5.41, 5.74) is 2.97. The molecule has 1 unspecified atom stereocenters. The number of rotatable bonds is 5. The molecule has 2 aromatic rings. The summed E-state index contributed by atoms with van der Waals surface area (Å²) >= 11 is 0. The molecule has 1 aliphatic heterocycles. The van der Waals surface area contributed by atoms with Crippen LogP contribution in [0.3, 0.4) is 0 Å². The van der Waals surface area contributed by atoms with Gasteiger partial charge in [-0.15, -0.1) is 0 Å². The summed E-state index contributed by atoms with van der Waals surface area (Å²) in [6, 6.07) is 7.61. The van der Waals surface area contributed by atoms with Gasteiger partial charge in [0.05, 0.1) is 12.7 Å². The van der Waals surface area contributed by atoms with E-state index in [0.29, 0.717) is 18.0 Å². The second kappa shape index (κ2) is 8.70. The number of carbonyl (C=O) groups is 1. The van der Waals surface area contributed by atoms with Gasteiger partial charge >= 0.3 is 0 Å². The molecular weight excluding hydrogens is 340 g/mol. The van der Waals surface area contributed by atoms with Gasteiger partial charge in [-0.2, -0.15) is 5.10 Å². The van der Waals surface area contributed by atoms with Gasteiger partial charge in [0.1, 0.15) is 0 Å². The number of hydrogen-bond donors (Lipinski definition) is 2. The summed E-state index contributed by atoms with van der Waals surface area (Å²) in [4.78, 5) is 18.9. The molecule has 1 amide bonds. The normalized spacial score (nSPS) is 17.2. The number of benzene rings is 1. The third kappa shape index (κ3) is 4.67. The van der Waals surface area contributed by atoms with E-state index in [1.807, 2.05) is 42.2 Å². The summed E-state index contributed by atoms with van der Waals surface area (Å²) in [6.07, 6.45) is 5.16. The summed E-state index contributed by atoms with van der Waals surface area (Å²) < 4.78 is 1.86. The van der Waals surface area contributed by atoms with Crippen LogP contribution < -0.4 is 10.6 Å². The molecule has 0 spiro atoms. The number of amides is 1. The van der Waals surface area contributed by atoms with Gasteiger partial charge in [-0.25, -0.2) is 4.99 Å². The second-order valence-electron chi connectivity index (χ2n) is 6.83. The first-order chi connectivity index (χ1) is 13.1. The fourth-order valence-corrected chi connectivity index (χ4v) is 3.42. The minimum Gasteiger partial charge on any atom is -0.357 e. The molecule has 1 saturated heterocycles. The molecule has 1 aromatic carbocycles. The van der Waals surface area contributed by atoms with E-state index in [2.05, 4.69) is 33.8 Å². The van der Waals surface area contributed by atoms with Gasteiger partial charge in [-0.3, -0.25) is 9.48 Å². The van der Waals surface area contributed by atoms with Gasteiger partial charge in [-0.05, 0) is 36.6 Å². The quantitative estimate of drug-likeness (QED) is 0.623. The largest absolute Gasteiger partial charge is 0.357 e. The summed E-state index contributed by atoms with van der Waals surface area (Å²) in [7, 11) is 3.59. The molecule has 1 aliphatic rings. The van der Waals surface area contributed by atoms with Crippen molar-refractivity contribution in [2.24, 2.45) is 12.0 Å². The zero-order chi connectivity index (χ0) is 19.2. The molecule has 0 saturated carbocycles. The van der Waals surface area contributed by atoms with Crippen LogP contribution >= 0.6 is 0 Å². The Balaban J connectivity index is 1.69. The van der Waals surface area contributed by atoms with Crippen molar-refractivity contribution in [1.29, 1.82) is 0 Å². The topological polar surface area (TPSA) is 74.6 Å². The zero-order valence-corrected chi connectivity index (χ0v) is 16.3.